The van der Waals surface area contributed by atoms with E-state index < -0.39 is 0 Å². The van der Waals surface area contributed by atoms with Crippen LogP contribution in [0.1, 0.15) is 48.2 Å². The van der Waals surface area contributed by atoms with Gasteiger partial charge in [-0.05, 0) is 31.2 Å². The third-order valence-electron chi connectivity index (χ3n) is 1.38. The van der Waals surface area contributed by atoms with Gasteiger partial charge in [-0.3, -0.25) is 9.97 Å². The molecule has 0 N–H and O–H groups in total. The maximum Gasteiger partial charge on any atom is 0.0372 e. The summed E-state index contributed by atoms with van der Waals surface area (Å²) < 4.78 is 0. The lowest BCUT2D eigenvalue weighted by Crippen LogP contribution is -1.72. The van der Waals surface area contributed by atoms with Gasteiger partial charge < -0.3 is 0 Å². The summed E-state index contributed by atoms with van der Waals surface area (Å²) in [6, 6.07) is 11.6. The highest BCUT2D eigenvalue weighted by Gasteiger charge is 1.73. The first-order valence-corrected chi connectivity index (χ1v) is 6.12. The second-order valence-corrected chi connectivity index (χ2v) is 2.50. The zero-order valence-corrected chi connectivity index (χ0v) is 14.3. The maximum atomic E-state index is 3.98. The minimum Gasteiger partial charge on any atom is -0.265 e. The second-order valence-electron chi connectivity index (χ2n) is 2.50. The maximum absolute atomic E-state index is 3.98. The Balaban J connectivity index is -0.0000000539. The molecule has 0 amide bonds. The normalized spacial score (nSPS) is 6.05. The molecule has 2 rings (SSSR count). The van der Waals surface area contributed by atoms with Gasteiger partial charge in [-0.25, -0.2) is 0 Å². The molecule has 2 aromatic heterocycles. The average molecular weight is 392 g/mol. The predicted octanol–water partition coefficient (Wildman–Crippen LogP) is 6.41. The van der Waals surface area contributed by atoms with Crippen molar-refractivity contribution in [1.82, 2.24) is 9.97 Å². The fourth-order valence-electron chi connectivity index (χ4n) is 0.761. The van der Waals surface area contributed by atoms with Crippen LogP contribution in [0.5, 0.6) is 0 Å². The van der Waals surface area contributed by atoms with E-state index in [1.165, 1.54) is 0 Å². The molecule has 0 aliphatic rings. The van der Waals surface area contributed by atoms with Crippen LogP contribution in [-0.4, -0.2) is 9.97 Å². The van der Waals surface area contributed by atoms with Gasteiger partial charge in [0, 0.05) is 24.3 Å². The van der Waals surface area contributed by atoms with Crippen LogP contribution < -0.4 is 0 Å². The number of halogens is 1. The van der Waals surface area contributed by atoms with Crippen molar-refractivity contribution >= 4 is 24.0 Å². The van der Waals surface area contributed by atoms with Crippen molar-refractivity contribution in [3.8, 4) is 0 Å². The molecule has 0 spiro atoms. The molecule has 0 bridgehead atoms. The van der Waals surface area contributed by atoms with Crippen molar-refractivity contribution in [1.29, 1.82) is 0 Å². The van der Waals surface area contributed by atoms with Gasteiger partial charge in [0.25, 0.3) is 0 Å². The van der Waals surface area contributed by atoms with Crippen LogP contribution in [0.4, 0.5) is 0 Å². The van der Waals surface area contributed by atoms with Crippen molar-refractivity contribution in [3.05, 3.63) is 60.7 Å². The quantitative estimate of drug-likeness (QED) is 0.484. The molecule has 0 radical (unpaired) electrons. The molecule has 0 aliphatic heterocycles. The molecule has 3 heteroatoms. The predicted molar refractivity (Wildman–Crippen MR) is 105 cm³/mol. The molecule has 0 aliphatic carbocycles. The Bertz CT molecular complexity index is 286. The van der Waals surface area contributed by atoms with Gasteiger partial charge in [-0.1, -0.05) is 54.7 Å². The number of rotatable bonds is 0. The fraction of sp³-hybridized carbons (Fsp3) is 0.412. The van der Waals surface area contributed by atoms with Crippen molar-refractivity contribution in [2.75, 3.05) is 0 Å². The lowest BCUT2D eigenvalue weighted by molar-refractivity contribution is 1.20. The highest BCUT2D eigenvalue weighted by molar-refractivity contribution is 14.0. The van der Waals surface area contributed by atoms with Gasteiger partial charge in [-0.2, -0.15) is 0 Å². The topological polar surface area (TPSA) is 25.8 Å². The van der Waals surface area contributed by atoms with Gasteiger partial charge >= 0.3 is 0 Å². The summed E-state index contributed by atoms with van der Waals surface area (Å²) in [7, 11) is 0. The molecule has 118 valence electrons. The fourth-order valence-corrected chi connectivity index (χ4v) is 0.761. The summed E-state index contributed by atoms with van der Waals surface area (Å²) in [6.07, 6.45) is 5.29. The van der Waals surface area contributed by atoms with Gasteiger partial charge in [0.1, 0.15) is 0 Å². The third-order valence-corrected chi connectivity index (χ3v) is 1.38. The summed E-state index contributed by atoms with van der Waals surface area (Å²) in [5.41, 5.74) is 1.07. The molecular weight excluding hydrogens is 359 g/mol. The van der Waals surface area contributed by atoms with Crippen molar-refractivity contribution in [2.24, 2.45) is 0 Å². The smallest absolute Gasteiger partial charge is 0.0372 e. The Kier molecular flexibility index (Phi) is 48.4. The Hall–Kier alpha value is -0.970. The van der Waals surface area contributed by atoms with E-state index in [0.717, 1.165) is 5.69 Å². The Morgan fingerprint density at radius 2 is 1.15 bits per heavy atom. The first-order chi connectivity index (χ1) is 8.39. The number of nitrogens with zero attached hydrogens (tertiary/aromatic N) is 2. The Morgan fingerprint density at radius 3 is 1.30 bits per heavy atom. The number of hydrogen-bond donors (Lipinski definition) is 0. The lowest BCUT2D eigenvalue weighted by Gasteiger charge is -1.82. The average Bonchev–Trinajstić information content (AvgIpc) is 2.47. The first kappa shape index (κ1) is 31.4. The Labute approximate surface area is 144 Å². The van der Waals surface area contributed by atoms with Crippen LogP contribution in [0.2, 0.25) is 0 Å². The minimum absolute atomic E-state index is 0. The summed E-state index contributed by atoms with van der Waals surface area (Å²) in [5.74, 6) is 0. The molecule has 0 fully saturated rings. The molecule has 0 saturated heterocycles. The SMILES string of the molecule is C.C.CC.CC.Cc1ccccn1.I.c1ccncc1. The van der Waals surface area contributed by atoms with Crippen LogP contribution in [-0.2, 0) is 0 Å². The number of pyridine rings is 2. The zero-order chi connectivity index (χ0) is 13.4. The van der Waals surface area contributed by atoms with E-state index >= 15 is 0 Å². The molecule has 2 heterocycles. The summed E-state index contributed by atoms with van der Waals surface area (Å²) in [6.45, 7) is 9.97. The van der Waals surface area contributed by atoms with Crippen LogP contribution in [0, 0.1) is 6.92 Å². The molecule has 20 heavy (non-hydrogen) atoms. The van der Waals surface area contributed by atoms with E-state index in [2.05, 4.69) is 9.97 Å². The van der Waals surface area contributed by atoms with Crippen molar-refractivity contribution in [3.63, 3.8) is 0 Å². The highest BCUT2D eigenvalue weighted by Crippen LogP contribution is 1.86. The molecular formula is C17H33IN2. The second kappa shape index (κ2) is 30.8. The molecule has 0 saturated carbocycles. The Morgan fingerprint density at radius 1 is 0.700 bits per heavy atom. The highest BCUT2D eigenvalue weighted by atomic mass is 127. The molecule has 0 atom stereocenters. The van der Waals surface area contributed by atoms with Crippen molar-refractivity contribution in [2.45, 2.75) is 49.5 Å². The van der Waals surface area contributed by atoms with E-state index in [-0.39, 0.29) is 38.8 Å². The van der Waals surface area contributed by atoms with E-state index in [0.29, 0.717) is 0 Å². The van der Waals surface area contributed by atoms with Gasteiger partial charge in [0.15, 0.2) is 0 Å². The van der Waals surface area contributed by atoms with Gasteiger partial charge in [0.05, 0.1) is 0 Å². The minimum atomic E-state index is 0. The van der Waals surface area contributed by atoms with Gasteiger partial charge in [0.2, 0.25) is 0 Å². The van der Waals surface area contributed by atoms with Crippen LogP contribution in [0.15, 0.2) is 55.0 Å². The summed E-state index contributed by atoms with van der Waals surface area (Å²) >= 11 is 0. The van der Waals surface area contributed by atoms with Crippen LogP contribution in [0.3, 0.4) is 0 Å². The summed E-state index contributed by atoms with van der Waals surface area (Å²) in [5, 5.41) is 0. The lowest BCUT2D eigenvalue weighted by atomic mass is 10.4. The molecule has 0 aromatic carbocycles. The first-order valence-electron chi connectivity index (χ1n) is 6.12. The van der Waals surface area contributed by atoms with E-state index in [9.17, 15) is 0 Å². The number of aryl methyl sites for hydroxylation is 1. The van der Waals surface area contributed by atoms with Crippen LogP contribution >= 0.6 is 24.0 Å². The number of aromatic nitrogens is 2. The van der Waals surface area contributed by atoms with E-state index in [1.807, 2.05) is 71.0 Å². The standard InChI is InChI=1S/C6H7N.C5H5N.2C2H6.2CH4.HI/c1-6-4-2-3-5-7-6;1-2-4-6-5-3-1;2*1-2;;;/h2-5H,1H3;1-5H;2*1-2H3;2*1H4;1H. The monoisotopic (exact) mass is 392 g/mol. The number of hydrogen-bond acceptors (Lipinski definition) is 2. The van der Waals surface area contributed by atoms with Crippen LogP contribution in [0.25, 0.3) is 0 Å². The summed E-state index contributed by atoms with van der Waals surface area (Å²) in [4.78, 5) is 7.76. The largest absolute Gasteiger partial charge is 0.265 e. The zero-order valence-electron chi connectivity index (χ0n) is 12.0. The van der Waals surface area contributed by atoms with Crippen molar-refractivity contribution < 1.29 is 0 Å². The van der Waals surface area contributed by atoms with Gasteiger partial charge in [-0.15, -0.1) is 24.0 Å². The molecule has 0 unspecified atom stereocenters. The third kappa shape index (κ3) is 25.8. The van der Waals surface area contributed by atoms with E-state index in [4.69, 9.17) is 0 Å². The molecule has 2 aromatic rings. The van der Waals surface area contributed by atoms with E-state index in [1.54, 1.807) is 18.6 Å². The molecule has 2 nitrogen and oxygen atoms in total.